The highest BCUT2D eigenvalue weighted by atomic mass is 16.5. The Bertz CT molecular complexity index is 136. The smallest absolute Gasteiger partial charge is 0.254 e. The molecule has 3 heteroatoms. The van der Waals surface area contributed by atoms with E-state index in [0.717, 1.165) is 0 Å². The molecule has 1 radical (unpaired) electrons. The van der Waals surface area contributed by atoms with Gasteiger partial charge in [-0.3, -0.25) is 0 Å². The average molecular weight is 112 g/mol. The molecule has 0 atom stereocenters. The molecular formula is C5H6NO2. The largest absolute Gasteiger partial charge is 0.476 e. The highest BCUT2D eigenvalue weighted by Crippen LogP contribution is 2.01. The van der Waals surface area contributed by atoms with Crippen LogP contribution in [0.4, 0.5) is 0 Å². The highest BCUT2D eigenvalue weighted by molar-refractivity contribution is 5.00. The van der Waals surface area contributed by atoms with Crippen LogP contribution < -0.4 is 4.74 Å². The first-order chi connectivity index (χ1) is 3.93. The number of hydrogen-bond donors (Lipinski definition) is 0. The second-order valence-electron chi connectivity index (χ2n) is 1.22. The van der Waals surface area contributed by atoms with E-state index in [4.69, 9.17) is 4.74 Å². The molecule has 1 rings (SSSR count). The molecule has 8 heavy (non-hydrogen) atoms. The molecule has 1 heterocycles. The number of ether oxygens (including phenoxy) is 1. The first-order valence-electron chi connectivity index (χ1n) is 2.39. The van der Waals surface area contributed by atoms with Crippen molar-refractivity contribution >= 4 is 0 Å². The van der Waals surface area contributed by atoms with E-state index < -0.39 is 0 Å². The Hall–Kier alpha value is -0.990. The predicted octanol–water partition coefficient (Wildman–Crippen LogP) is 0.873. The summed E-state index contributed by atoms with van der Waals surface area (Å²) >= 11 is 0. The van der Waals surface area contributed by atoms with Crippen LogP contribution in [-0.4, -0.2) is 11.8 Å². The quantitative estimate of drug-likeness (QED) is 0.569. The molecule has 0 amide bonds. The molecule has 0 spiro atoms. The summed E-state index contributed by atoms with van der Waals surface area (Å²) in [7, 11) is 0. The highest BCUT2D eigenvalue weighted by Gasteiger charge is 1.91. The number of nitrogens with zero attached hydrogens (tertiary/aromatic N) is 1. The standard InChI is InChI=1S/C5H6NO2/c1-2-7-5-3-4-8-6-5/h3H,2H2,1H3. The van der Waals surface area contributed by atoms with E-state index in [1.807, 2.05) is 6.92 Å². The van der Waals surface area contributed by atoms with Gasteiger partial charge in [-0.05, 0) is 12.1 Å². The Labute approximate surface area is 47.2 Å². The van der Waals surface area contributed by atoms with Gasteiger partial charge >= 0.3 is 0 Å². The fraction of sp³-hybridized carbons (Fsp3) is 0.400. The van der Waals surface area contributed by atoms with Crippen molar-refractivity contribution in [3.8, 4) is 5.88 Å². The van der Waals surface area contributed by atoms with Crippen molar-refractivity contribution in [3.05, 3.63) is 12.3 Å². The van der Waals surface area contributed by atoms with Crippen LogP contribution in [0.2, 0.25) is 0 Å². The maximum atomic E-state index is 4.91. The number of rotatable bonds is 2. The van der Waals surface area contributed by atoms with Gasteiger partial charge in [0.2, 0.25) is 6.26 Å². The Morgan fingerprint density at radius 3 is 3.38 bits per heavy atom. The summed E-state index contributed by atoms with van der Waals surface area (Å²) in [6.07, 6.45) is 2.40. The van der Waals surface area contributed by atoms with E-state index in [1.165, 1.54) is 0 Å². The van der Waals surface area contributed by atoms with E-state index in [9.17, 15) is 0 Å². The maximum Gasteiger partial charge on any atom is 0.254 e. The number of aromatic nitrogens is 1. The Balaban J connectivity index is 2.50. The van der Waals surface area contributed by atoms with Crippen molar-refractivity contribution in [1.29, 1.82) is 0 Å². The average Bonchev–Trinajstić information content (AvgIpc) is 2.19. The zero-order valence-corrected chi connectivity index (χ0v) is 4.55. The molecule has 0 saturated heterocycles. The Morgan fingerprint density at radius 2 is 2.88 bits per heavy atom. The fourth-order valence-electron chi connectivity index (χ4n) is 0.390. The third kappa shape index (κ3) is 0.992. The lowest BCUT2D eigenvalue weighted by Crippen LogP contribution is -1.89. The molecule has 0 aliphatic heterocycles. The lowest BCUT2D eigenvalue weighted by atomic mass is 10.7. The van der Waals surface area contributed by atoms with E-state index in [-0.39, 0.29) is 0 Å². The monoisotopic (exact) mass is 112 g/mol. The van der Waals surface area contributed by atoms with Crippen LogP contribution in [0.15, 0.2) is 10.6 Å². The first kappa shape index (κ1) is 5.15. The summed E-state index contributed by atoms with van der Waals surface area (Å²) in [4.78, 5) is 0. The van der Waals surface area contributed by atoms with Crippen molar-refractivity contribution < 1.29 is 9.26 Å². The molecule has 1 aromatic rings. The van der Waals surface area contributed by atoms with Crippen LogP contribution in [0.5, 0.6) is 5.88 Å². The molecule has 0 N–H and O–H groups in total. The number of hydrogen-bond acceptors (Lipinski definition) is 3. The summed E-state index contributed by atoms with van der Waals surface area (Å²) in [6.45, 7) is 2.50. The van der Waals surface area contributed by atoms with Crippen molar-refractivity contribution in [2.75, 3.05) is 6.61 Å². The zero-order valence-electron chi connectivity index (χ0n) is 4.55. The van der Waals surface area contributed by atoms with Gasteiger partial charge in [-0.1, -0.05) is 0 Å². The van der Waals surface area contributed by atoms with Gasteiger partial charge in [-0.15, -0.1) is 0 Å². The van der Waals surface area contributed by atoms with Crippen molar-refractivity contribution in [2.24, 2.45) is 0 Å². The van der Waals surface area contributed by atoms with Crippen LogP contribution in [0.1, 0.15) is 6.92 Å². The van der Waals surface area contributed by atoms with Crippen molar-refractivity contribution in [2.45, 2.75) is 6.92 Å². The molecular weight excluding hydrogens is 106 g/mol. The van der Waals surface area contributed by atoms with Gasteiger partial charge in [0.05, 0.1) is 12.7 Å². The molecule has 0 aromatic carbocycles. The molecule has 0 unspecified atom stereocenters. The zero-order chi connectivity index (χ0) is 5.82. The lowest BCUT2D eigenvalue weighted by Gasteiger charge is -1.90. The maximum absolute atomic E-state index is 4.91. The third-order valence-corrected chi connectivity index (χ3v) is 0.663. The first-order valence-corrected chi connectivity index (χ1v) is 2.39. The molecule has 1 aromatic heterocycles. The second-order valence-corrected chi connectivity index (χ2v) is 1.22. The summed E-state index contributed by atoms with van der Waals surface area (Å²) < 4.78 is 9.28. The van der Waals surface area contributed by atoms with Gasteiger partial charge in [-0.25, -0.2) is 0 Å². The van der Waals surface area contributed by atoms with Gasteiger partial charge in [-0.2, -0.15) is 0 Å². The van der Waals surface area contributed by atoms with E-state index in [2.05, 4.69) is 15.9 Å². The van der Waals surface area contributed by atoms with Crippen LogP contribution in [0, 0.1) is 6.26 Å². The second kappa shape index (κ2) is 2.35. The third-order valence-electron chi connectivity index (χ3n) is 0.663. The van der Waals surface area contributed by atoms with E-state index >= 15 is 0 Å². The normalized spacial score (nSPS) is 9.12. The molecule has 0 aliphatic carbocycles. The van der Waals surface area contributed by atoms with Crippen LogP contribution in [0.25, 0.3) is 0 Å². The molecule has 0 bridgehead atoms. The fourth-order valence-corrected chi connectivity index (χ4v) is 0.390. The summed E-state index contributed by atoms with van der Waals surface area (Å²) in [5.74, 6) is 0.493. The summed E-state index contributed by atoms with van der Waals surface area (Å²) in [6, 6.07) is 1.55. The van der Waals surface area contributed by atoms with E-state index in [1.54, 1.807) is 6.07 Å². The van der Waals surface area contributed by atoms with E-state index in [0.29, 0.717) is 12.5 Å². The molecule has 0 aliphatic rings. The van der Waals surface area contributed by atoms with Crippen molar-refractivity contribution in [3.63, 3.8) is 0 Å². The minimum absolute atomic E-state index is 0.493. The topological polar surface area (TPSA) is 35.3 Å². The minimum atomic E-state index is 0.493. The van der Waals surface area contributed by atoms with Gasteiger partial charge in [0.15, 0.2) is 0 Å². The van der Waals surface area contributed by atoms with Crippen LogP contribution in [0.3, 0.4) is 0 Å². The molecule has 0 saturated carbocycles. The SMILES string of the molecule is CCOc1c[c]on1. The molecule has 3 nitrogen and oxygen atoms in total. The van der Waals surface area contributed by atoms with Crippen LogP contribution in [-0.2, 0) is 0 Å². The van der Waals surface area contributed by atoms with Gasteiger partial charge in [0.1, 0.15) is 0 Å². The Kier molecular flexibility index (Phi) is 1.51. The predicted molar refractivity (Wildman–Crippen MR) is 26.5 cm³/mol. The summed E-state index contributed by atoms with van der Waals surface area (Å²) in [5.41, 5.74) is 0. The lowest BCUT2D eigenvalue weighted by molar-refractivity contribution is 0.294. The Morgan fingerprint density at radius 1 is 2.00 bits per heavy atom. The van der Waals surface area contributed by atoms with Gasteiger partial charge in [0.25, 0.3) is 5.88 Å². The molecule has 0 fully saturated rings. The van der Waals surface area contributed by atoms with Crippen LogP contribution >= 0.6 is 0 Å². The van der Waals surface area contributed by atoms with Crippen molar-refractivity contribution in [1.82, 2.24) is 5.16 Å². The summed E-state index contributed by atoms with van der Waals surface area (Å²) in [5, 5.41) is 3.45. The molecule has 43 valence electrons. The van der Waals surface area contributed by atoms with Gasteiger partial charge in [0, 0.05) is 0 Å². The minimum Gasteiger partial charge on any atom is -0.476 e. The van der Waals surface area contributed by atoms with Gasteiger partial charge < -0.3 is 9.26 Å².